The predicted molar refractivity (Wildman–Crippen MR) is 108 cm³/mol. The number of esters is 1. The number of hydrogen-bond donors (Lipinski definition) is 2. The van der Waals surface area contributed by atoms with Gasteiger partial charge in [-0.15, -0.1) is 0 Å². The normalized spacial score (nSPS) is 13.3. The second-order valence-corrected chi connectivity index (χ2v) is 9.10. The fourth-order valence-corrected chi connectivity index (χ4v) is 2.75. The minimum Gasteiger partial charge on any atom is -0.508 e. The maximum atomic E-state index is 12.7. The smallest absolute Gasteiger partial charge is 0.318 e. The van der Waals surface area contributed by atoms with E-state index < -0.39 is 11.9 Å². The zero-order valence-corrected chi connectivity index (χ0v) is 17.3. The van der Waals surface area contributed by atoms with Crippen LogP contribution in [-0.2, 0) is 15.6 Å². The molecule has 0 fully saturated rings. The van der Waals surface area contributed by atoms with Gasteiger partial charge in [0, 0.05) is 5.56 Å². The molecule has 2 aromatic rings. The van der Waals surface area contributed by atoms with Crippen molar-refractivity contribution in [3.63, 3.8) is 0 Å². The van der Waals surface area contributed by atoms with E-state index in [4.69, 9.17) is 4.74 Å². The quantitative estimate of drug-likeness (QED) is 0.560. The van der Waals surface area contributed by atoms with Crippen molar-refractivity contribution < 1.29 is 19.7 Å². The Labute approximate surface area is 161 Å². The molecular formula is C23H30O4. The predicted octanol–water partition coefficient (Wildman–Crippen LogP) is 5.40. The minimum absolute atomic E-state index is 0.0557. The van der Waals surface area contributed by atoms with Gasteiger partial charge in [0.05, 0.1) is 5.92 Å². The summed E-state index contributed by atoms with van der Waals surface area (Å²) in [5, 5.41) is 20.3. The molecule has 146 valence electrons. The molecule has 4 nitrogen and oxygen atoms in total. The topological polar surface area (TPSA) is 66.8 Å². The third-order valence-corrected chi connectivity index (χ3v) is 4.75. The molecule has 0 aromatic heterocycles. The molecule has 0 saturated carbocycles. The highest BCUT2D eigenvalue weighted by Crippen LogP contribution is 2.35. The summed E-state index contributed by atoms with van der Waals surface area (Å²) in [6.45, 7) is 14.0. The van der Waals surface area contributed by atoms with E-state index in [2.05, 4.69) is 20.8 Å². The Morgan fingerprint density at radius 3 is 1.85 bits per heavy atom. The molecule has 0 spiro atoms. The maximum Gasteiger partial charge on any atom is 0.318 e. The van der Waals surface area contributed by atoms with Gasteiger partial charge < -0.3 is 14.9 Å². The lowest BCUT2D eigenvalue weighted by Gasteiger charge is -2.22. The van der Waals surface area contributed by atoms with Crippen molar-refractivity contribution in [2.45, 2.75) is 65.2 Å². The lowest BCUT2D eigenvalue weighted by Crippen LogP contribution is -2.18. The Hall–Kier alpha value is -2.49. The van der Waals surface area contributed by atoms with E-state index in [-0.39, 0.29) is 28.1 Å². The van der Waals surface area contributed by atoms with Crippen molar-refractivity contribution >= 4 is 5.97 Å². The monoisotopic (exact) mass is 370 g/mol. The van der Waals surface area contributed by atoms with Crippen LogP contribution >= 0.6 is 0 Å². The number of phenolic OH excluding ortho intramolecular Hbond substituents is 2. The number of ether oxygens (including phenoxy) is 1. The molecule has 1 unspecified atom stereocenters. The summed E-state index contributed by atoms with van der Waals surface area (Å²) in [6, 6.07) is 10.3. The molecule has 2 N–H and O–H groups in total. The first-order valence-electron chi connectivity index (χ1n) is 9.19. The van der Waals surface area contributed by atoms with E-state index in [0.717, 1.165) is 11.1 Å². The second-order valence-electron chi connectivity index (χ2n) is 9.10. The molecule has 0 saturated heterocycles. The molecule has 0 aliphatic heterocycles. The molecule has 27 heavy (non-hydrogen) atoms. The minimum atomic E-state index is -0.676. The van der Waals surface area contributed by atoms with E-state index in [9.17, 15) is 15.0 Å². The van der Waals surface area contributed by atoms with Crippen LogP contribution in [0.15, 0.2) is 36.4 Å². The molecule has 0 aliphatic rings. The third-order valence-electron chi connectivity index (χ3n) is 4.75. The first-order chi connectivity index (χ1) is 12.3. The van der Waals surface area contributed by atoms with Gasteiger partial charge in [0.1, 0.15) is 5.75 Å². The van der Waals surface area contributed by atoms with Crippen LogP contribution in [0.3, 0.4) is 0 Å². The SMILES string of the molecule is CC(C(=O)Oc1cc(C(C)(C)C)ccc1O)c1cc(C(C)(C)C)ccc1O. The van der Waals surface area contributed by atoms with Crippen molar-refractivity contribution in [2.75, 3.05) is 0 Å². The highest BCUT2D eigenvalue weighted by molar-refractivity contribution is 5.81. The van der Waals surface area contributed by atoms with Gasteiger partial charge in [0.15, 0.2) is 11.5 Å². The van der Waals surface area contributed by atoms with Gasteiger partial charge in [0.2, 0.25) is 0 Å². The number of benzene rings is 2. The Morgan fingerprint density at radius 2 is 1.33 bits per heavy atom. The van der Waals surface area contributed by atoms with Gasteiger partial charge in [-0.1, -0.05) is 59.7 Å². The van der Waals surface area contributed by atoms with Crippen molar-refractivity contribution in [3.8, 4) is 17.2 Å². The first kappa shape index (κ1) is 20.8. The van der Waals surface area contributed by atoms with E-state index in [1.165, 1.54) is 6.07 Å². The molecule has 1 atom stereocenters. The van der Waals surface area contributed by atoms with Crippen LogP contribution in [0.25, 0.3) is 0 Å². The van der Waals surface area contributed by atoms with Crippen LogP contribution in [0.1, 0.15) is 71.1 Å². The van der Waals surface area contributed by atoms with Gasteiger partial charge in [-0.25, -0.2) is 0 Å². The zero-order chi connectivity index (χ0) is 20.6. The van der Waals surface area contributed by atoms with E-state index >= 15 is 0 Å². The van der Waals surface area contributed by atoms with E-state index in [1.807, 2.05) is 39.0 Å². The fourth-order valence-electron chi connectivity index (χ4n) is 2.75. The Kier molecular flexibility index (Phi) is 5.60. The lowest BCUT2D eigenvalue weighted by atomic mass is 9.84. The number of rotatable bonds is 3. The van der Waals surface area contributed by atoms with Crippen molar-refractivity contribution in [1.82, 2.24) is 0 Å². The largest absolute Gasteiger partial charge is 0.508 e. The van der Waals surface area contributed by atoms with Crippen LogP contribution in [0.5, 0.6) is 17.2 Å². The molecule has 0 bridgehead atoms. The average molecular weight is 370 g/mol. The van der Waals surface area contributed by atoms with Crippen LogP contribution < -0.4 is 4.74 Å². The summed E-state index contributed by atoms with van der Waals surface area (Å²) >= 11 is 0. The van der Waals surface area contributed by atoms with Gasteiger partial charge in [-0.3, -0.25) is 4.79 Å². The summed E-state index contributed by atoms with van der Waals surface area (Å²) < 4.78 is 5.48. The Bertz CT molecular complexity index is 838. The second kappa shape index (κ2) is 7.26. The average Bonchev–Trinajstić information content (AvgIpc) is 2.54. The number of hydrogen-bond acceptors (Lipinski definition) is 4. The molecule has 2 rings (SSSR count). The molecule has 2 aromatic carbocycles. The fraction of sp³-hybridized carbons (Fsp3) is 0.435. The summed E-state index contributed by atoms with van der Waals surface area (Å²) in [6.07, 6.45) is 0. The standard InChI is InChI=1S/C23H30O4/c1-14(17-12-15(22(2,3)4)8-10-18(17)24)21(26)27-20-13-16(23(5,6)7)9-11-19(20)25/h8-14,24-25H,1-7H3. The highest BCUT2D eigenvalue weighted by Gasteiger charge is 2.25. The maximum absolute atomic E-state index is 12.7. The first-order valence-corrected chi connectivity index (χ1v) is 9.19. The van der Waals surface area contributed by atoms with E-state index in [1.54, 1.807) is 19.1 Å². The van der Waals surface area contributed by atoms with Crippen molar-refractivity contribution in [3.05, 3.63) is 53.1 Å². The van der Waals surface area contributed by atoms with Crippen LogP contribution in [-0.4, -0.2) is 16.2 Å². The van der Waals surface area contributed by atoms with Gasteiger partial charge in [0.25, 0.3) is 0 Å². The Morgan fingerprint density at radius 1 is 0.852 bits per heavy atom. The van der Waals surface area contributed by atoms with Gasteiger partial charge >= 0.3 is 5.97 Å². The lowest BCUT2D eigenvalue weighted by molar-refractivity contribution is -0.135. The molecule has 0 radical (unpaired) electrons. The number of carbonyl (C=O) groups is 1. The molecule has 0 heterocycles. The molecule has 4 heteroatoms. The van der Waals surface area contributed by atoms with E-state index in [0.29, 0.717) is 5.56 Å². The van der Waals surface area contributed by atoms with Crippen LogP contribution in [0, 0.1) is 0 Å². The van der Waals surface area contributed by atoms with Crippen molar-refractivity contribution in [2.24, 2.45) is 0 Å². The number of carbonyl (C=O) groups excluding carboxylic acids is 1. The van der Waals surface area contributed by atoms with Gasteiger partial charge in [-0.2, -0.15) is 0 Å². The van der Waals surface area contributed by atoms with Crippen LogP contribution in [0.4, 0.5) is 0 Å². The number of aromatic hydroxyl groups is 2. The summed E-state index contributed by atoms with van der Waals surface area (Å²) in [7, 11) is 0. The highest BCUT2D eigenvalue weighted by atomic mass is 16.5. The Balaban J connectivity index is 2.32. The zero-order valence-electron chi connectivity index (χ0n) is 17.3. The van der Waals surface area contributed by atoms with Gasteiger partial charge in [-0.05, 0) is 47.1 Å². The van der Waals surface area contributed by atoms with Crippen LogP contribution in [0.2, 0.25) is 0 Å². The molecular weight excluding hydrogens is 340 g/mol. The number of phenols is 2. The van der Waals surface area contributed by atoms with Crippen molar-refractivity contribution in [1.29, 1.82) is 0 Å². The molecule has 0 amide bonds. The summed E-state index contributed by atoms with van der Waals surface area (Å²) in [5.74, 6) is -1.11. The summed E-state index contributed by atoms with van der Waals surface area (Å²) in [4.78, 5) is 12.7. The molecule has 0 aliphatic carbocycles. The summed E-state index contributed by atoms with van der Waals surface area (Å²) in [5.41, 5.74) is 2.24. The third kappa shape index (κ3) is 4.82.